The monoisotopic (exact) mass is 368 g/mol. The van der Waals surface area contributed by atoms with Gasteiger partial charge in [0.05, 0.1) is 13.2 Å². The topological polar surface area (TPSA) is 35.2 Å². The number of nitrogens with zero attached hydrogens (tertiary/aromatic N) is 4. The fourth-order valence-corrected chi connectivity index (χ4v) is 3.02. The molecule has 0 spiro atoms. The zero-order valence-corrected chi connectivity index (χ0v) is 16.0. The van der Waals surface area contributed by atoms with Crippen LogP contribution < -0.4 is 4.74 Å². The lowest BCUT2D eigenvalue weighted by Gasteiger charge is -2.16. The van der Waals surface area contributed by atoms with Crippen LogP contribution in [-0.2, 0) is 13.2 Å². The van der Waals surface area contributed by atoms with Gasteiger partial charge in [0.1, 0.15) is 18.2 Å². The summed E-state index contributed by atoms with van der Waals surface area (Å²) in [5.41, 5.74) is 1.22. The van der Waals surface area contributed by atoms with Crippen LogP contribution in [0.1, 0.15) is 11.4 Å². The maximum Gasteiger partial charge on any atom is 0.199 e. The van der Waals surface area contributed by atoms with Crippen molar-refractivity contribution in [2.24, 2.45) is 0 Å². The van der Waals surface area contributed by atoms with E-state index in [1.165, 1.54) is 5.56 Å². The van der Waals surface area contributed by atoms with E-state index in [9.17, 15) is 0 Å². The summed E-state index contributed by atoms with van der Waals surface area (Å²) in [5.74, 6) is 1.81. The van der Waals surface area contributed by atoms with Crippen molar-refractivity contribution in [2.75, 3.05) is 20.2 Å². The average molecular weight is 369 g/mol. The first kappa shape index (κ1) is 18.4. The Balaban J connectivity index is 1.57. The molecule has 5 nitrogen and oxygen atoms in total. The minimum atomic E-state index is 0.623. The van der Waals surface area contributed by atoms with E-state index in [0.29, 0.717) is 13.3 Å². The molecule has 1 aromatic heterocycles. The van der Waals surface area contributed by atoms with Gasteiger partial charge in [0.25, 0.3) is 0 Å². The molecule has 0 fully saturated rings. The summed E-state index contributed by atoms with van der Waals surface area (Å²) in [7, 11) is 2.04. The van der Waals surface area contributed by atoms with Crippen molar-refractivity contribution in [1.29, 1.82) is 0 Å². The normalized spacial score (nSPS) is 11.0. The van der Waals surface area contributed by atoms with Gasteiger partial charge in [0, 0.05) is 6.54 Å². The molecule has 0 saturated heterocycles. The van der Waals surface area contributed by atoms with Gasteiger partial charge in [-0.1, -0.05) is 48.5 Å². The summed E-state index contributed by atoms with van der Waals surface area (Å²) < 4.78 is 10.4. The van der Waals surface area contributed by atoms with Gasteiger partial charge in [0.15, 0.2) is 4.77 Å². The molecule has 0 unspecified atom stereocenters. The SMILES string of the molecule is Cc1nn(CN(C)CCOc2ccccc2)c(=S)n1Cc1ccccc1. The van der Waals surface area contributed by atoms with Gasteiger partial charge in [0.2, 0.25) is 0 Å². The molecule has 0 radical (unpaired) electrons. The molecule has 6 heteroatoms. The van der Waals surface area contributed by atoms with E-state index in [4.69, 9.17) is 17.0 Å². The molecule has 0 bridgehead atoms. The fourth-order valence-electron chi connectivity index (χ4n) is 2.72. The first-order chi connectivity index (χ1) is 12.6. The van der Waals surface area contributed by atoms with E-state index >= 15 is 0 Å². The Hall–Kier alpha value is -2.44. The Bertz CT molecular complexity index is 874. The molecule has 3 aromatic rings. The summed E-state index contributed by atoms with van der Waals surface area (Å²) in [5, 5.41) is 4.61. The quantitative estimate of drug-likeness (QED) is 0.568. The van der Waals surface area contributed by atoms with E-state index in [-0.39, 0.29) is 0 Å². The van der Waals surface area contributed by atoms with E-state index in [0.717, 1.165) is 29.4 Å². The van der Waals surface area contributed by atoms with Gasteiger partial charge in [-0.2, -0.15) is 5.10 Å². The molecule has 3 rings (SSSR count). The number of aromatic nitrogens is 3. The molecule has 1 heterocycles. The third-order valence-electron chi connectivity index (χ3n) is 4.15. The van der Waals surface area contributed by atoms with Crippen LogP contribution in [0.25, 0.3) is 0 Å². The highest BCUT2D eigenvalue weighted by molar-refractivity contribution is 7.71. The highest BCUT2D eigenvalue weighted by atomic mass is 32.1. The smallest absolute Gasteiger partial charge is 0.199 e. The van der Waals surface area contributed by atoms with Gasteiger partial charge in [-0.15, -0.1) is 0 Å². The van der Waals surface area contributed by atoms with Gasteiger partial charge < -0.3 is 4.74 Å². The average Bonchev–Trinajstić information content (AvgIpc) is 2.91. The number of benzene rings is 2. The first-order valence-electron chi connectivity index (χ1n) is 8.68. The number of para-hydroxylation sites is 1. The second-order valence-electron chi connectivity index (χ2n) is 6.28. The number of rotatable bonds is 8. The van der Waals surface area contributed by atoms with Crippen LogP contribution in [0.15, 0.2) is 60.7 Å². The Kier molecular flexibility index (Phi) is 6.20. The predicted octanol–water partition coefficient (Wildman–Crippen LogP) is 3.74. The molecule has 136 valence electrons. The Morgan fingerprint density at radius 3 is 2.38 bits per heavy atom. The van der Waals surface area contributed by atoms with E-state index < -0.39 is 0 Å². The van der Waals surface area contributed by atoms with E-state index in [1.807, 2.05) is 67.2 Å². The lowest BCUT2D eigenvalue weighted by molar-refractivity contribution is 0.197. The van der Waals surface area contributed by atoms with Crippen LogP contribution in [0.2, 0.25) is 0 Å². The zero-order chi connectivity index (χ0) is 18.4. The summed E-state index contributed by atoms with van der Waals surface area (Å²) in [4.78, 5) is 2.15. The van der Waals surface area contributed by atoms with Crippen molar-refractivity contribution >= 4 is 12.2 Å². The molecule has 0 saturated carbocycles. The minimum absolute atomic E-state index is 0.623. The van der Waals surface area contributed by atoms with Crippen LogP contribution in [0, 0.1) is 11.7 Å². The lowest BCUT2D eigenvalue weighted by Crippen LogP contribution is -2.27. The van der Waals surface area contributed by atoms with Crippen LogP contribution in [-0.4, -0.2) is 39.4 Å². The van der Waals surface area contributed by atoms with Gasteiger partial charge >= 0.3 is 0 Å². The number of aryl methyl sites for hydroxylation is 1. The molecular formula is C20H24N4OS. The Labute approximate surface area is 159 Å². The Morgan fingerprint density at radius 2 is 1.69 bits per heavy atom. The number of likely N-dealkylation sites (N-methyl/N-ethyl adjacent to an activating group) is 1. The van der Waals surface area contributed by atoms with Crippen LogP contribution in [0.3, 0.4) is 0 Å². The molecule has 2 aromatic carbocycles. The second kappa shape index (κ2) is 8.78. The number of hydrogen-bond acceptors (Lipinski definition) is 4. The highest BCUT2D eigenvalue weighted by Crippen LogP contribution is 2.09. The van der Waals surface area contributed by atoms with E-state index in [1.54, 1.807) is 0 Å². The maximum atomic E-state index is 5.75. The van der Waals surface area contributed by atoms with Crippen molar-refractivity contribution < 1.29 is 4.74 Å². The van der Waals surface area contributed by atoms with Crippen LogP contribution >= 0.6 is 12.2 Å². The van der Waals surface area contributed by atoms with Crippen LogP contribution in [0.5, 0.6) is 5.75 Å². The molecule has 0 aliphatic heterocycles. The van der Waals surface area contributed by atoms with Crippen molar-refractivity contribution in [3.8, 4) is 5.75 Å². The standard InChI is InChI=1S/C20H24N4OS/c1-17-21-24(20(26)23(17)15-18-9-5-3-6-10-18)16-22(2)13-14-25-19-11-7-4-8-12-19/h3-12H,13-16H2,1-2H3. The third-order valence-corrected chi connectivity index (χ3v) is 4.58. The third kappa shape index (κ3) is 4.80. The van der Waals surface area contributed by atoms with Crippen molar-refractivity contribution in [3.63, 3.8) is 0 Å². The molecule has 0 N–H and O–H groups in total. The van der Waals surface area contributed by atoms with Crippen molar-refractivity contribution in [1.82, 2.24) is 19.2 Å². The molecule has 26 heavy (non-hydrogen) atoms. The highest BCUT2D eigenvalue weighted by Gasteiger charge is 2.09. The largest absolute Gasteiger partial charge is 0.492 e. The molecule has 0 aliphatic rings. The van der Waals surface area contributed by atoms with E-state index in [2.05, 4.69) is 26.7 Å². The fraction of sp³-hybridized carbons (Fsp3) is 0.300. The van der Waals surface area contributed by atoms with Gasteiger partial charge in [-0.25, -0.2) is 4.68 Å². The molecule has 0 atom stereocenters. The summed E-state index contributed by atoms with van der Waals surface area (Å²) in [6.45, 7) is 4.79. The molecule has 0 amide bonds. The summed E-state index contributed by atoms with van der Waals surface area (Å²) >= 11 is 5.62. The van der Waals surface area contributed by atoms with Crippen molar-refractivity contribution in [3.05, 3.63) is 76.8 Å². The predicted molar refractivity (Wildman–Crippen MR) is 106 cm³/mol. The summed E-state index contributed by atoms with van der Waals surface area (Å²) in [6.07, 6.45) is 0. The minimum Gasteiger partial charge on any atom is -0.492 e. The molecular weight excluding hydrogens is 344 g/mol. The van der Waals surface area contributed by atoms with Gasteiger partial charge in [-0.05, 0) is 43.9 Å². The first-order valence-corrected chi connectivity index (χ1v) is 9.09. The van der Waals surface area contributed by atoms with Crippen molar-refractivity contribution in [2.45, 2.75) is 20.1 Å². The number of hydrogen-bond donors (Lipinski definition) is 0. The Morgan fingerprint density at radius 1 is 1.04 bits per heavy atom. The van der Waals surface area contributed by atoms with Gasteiger partial charge in [-0.3, -0.25) is 9.47 Å². The second-order valence-corrected chi connectivity index (χ2v) is 6.65. The summed E-state index contributed by atoms with van der Waals surface area (Å²) in [6, 6.07) is 20.2. The van der Waals surface area contributed by atoms with Crippen LogP contribution in [0.4, 0.5) is 0 Å². The lowest BCUT2D eigenvalue weighted by atomic mass is 10.2. The number of ether oxygens (including phenoxy) is 1. The zero-order valence-electron chi connectivity index (χ0n) is 15.2. The molecule has 0 aliphatic carbocycles. The maximum absolute atomic E-state index is 5.75.